The van der Waals surface area contributed by atoms with Crippen molar-refractivity contribution in [3.05, 3.63) is 56.2 Å². The van der Waals surface area contributed by atoms with Crippen LogP contribution in [0.5, 0.6) is 5.88 Å². The highest BCUT2D eigenvalue weighted by Gasteiger charge is 2.21. The van der Waals surface area contributed by atoms with Crippen LogP contribution in [0, 0.1) is 0 Å². The number of rotatable bonds is 6. The van der Waals surface area contributed by atoms with E-state index in [1.165, 1.54) is 11.3 Å². The lowest BCUT2D eigenvalue weighted by molar-refractivity contribution is 0.0861. The van der Waals surface area contributed by atoms with Crippen LogP contribution in [0.25, 0.3) is 22.3 Å². The molecule has 2 fully saturated rings. The molecule has 4 N–H and O–H groups in total. The van der Waals surface area contributed by atoms with Crippen molar-refractivity contribution in [3.8, 4) is 16.5 Å². The van der Waals surface area contributed by atoms with E-state index in [2.05, 4.69) is 20.4 Å². The van der Waals surface area contributed by atoms with E-state index < -0.39 is 5.69 Å². The summed E-state index contributed by atoms with van der Waals surface area (Å²) < 4.78 is 7.23. The Labute approximate surface area is 202 Å². The van der Waals surface area contributed by atoms with Crippen LogP contribution in [-0.4, -0.2) is 60.9 Å². The van der Waals surface area contributed by atoms with E-state index in [9.17, 15) is 14.7 Å². The highest BCUT2D eigenvalue weighted by atomic mass is 32.1. The lowest BCUT2D eigenvalue weighted by Crippen LogP contribution is -2.31. The zero-order valence-corrected chi connectivity index (χ0v) is 19.5. The maximum absolute atomic E-state index is 12.7. The summed E-state index contributed by atoms with van der Waals surface area (Å²) in [6, 6.07) is 5.80. The summed E-state index contributed by atoms with van der Waals surface area (Å²) in [6.45, 7) is 1.25. The lowest BCUT2D eigenvalue weighted by Gasteiger charge is -2.09. The molecule has 12 heteroatoms. The number of imidazole rings is 1. The van der Waals surface area contributed by atoms with Crippen molar-refractivity contribution in [2.24, 2.45) is 4.99 Å². The number of H-pyrrole nitrogens is 2. The molecule has 2 aliphatic rings. The van der Waals surface area contributed by atoms with Gasteiger partial charge in [-0.2, -0.15) is 9.61 Å². The molecule has 180 valence electrons. The number of aromatic hydroxyl groups is 1. The summed E-state index contributed by atoms with van der Waals surface area (Å²) in [5, 5.41) is 18.0. The Morgan fingerprint density at radius 2 is 2.23 bits per heavy atom. The smallest absolute Gasteiger partial charge is 0.326 e. The highest BCUT2D eigenvalue weighted by molar-refractivity contribution is 7.17. The number of nitrogens with one attached hydrogen (secondary N) is 3. The number of amides is 1. The molecule has 5 heterocycles. The number of hydrogen-bond donors (Lipinski definition) is 4. The maximum Gasteiger partial charge on any atom is 0.326 e. The second kappa shape index (κ2) is 8.78. The number of thiophene rings is 1. The molecule has 1 amide bonds. The number of hydrogen-bond acceptors (Lipinski definition) is 8. The fraction of sp³-hybridized carbons (Fsp3) is 0.348. The first-order valence-electron chi connectivity index (χ1n) is 11.5. The topological polar surface area (TPSA) is 150 Å². The van der Waals surface area contributed by atoms with Crippen molar-refractivity contribution in [1.82, 2.24) is 29.9 Å². The van der Waals surface area contributed by atoms with Gasteiger partial charge in [0.2, 0.25) is 5.88 Å². The number of carbonyl (C=O) groups is 1. The highest BCUT2D eigenvalue weighted by Crippen LogP contribution is 2.27. The fourth-order valence-electron chi connectivity index (χ4n) is 4.02. The van der Waals surface area contributed by atoms with Gasteiger partial charge < -0.3 is 20.1 Å². The Kier molecular flexibility index (Phi) is 5.46. The predicted molar refractivity (Wildman–Crippen MR) is 128 cm³/mol. The van der Waals surface area contributed by atoms with Gasteiger partial charge in [-0.1, -0.05) is 0 Å². The lowest BCUT2D eigenvalue weighted by atomic mass is 10.2. The minimum Gasteiger partial charge on any atom is -0.493 e. The molecule has 4 aromatic heterocycles. The number of aromatic amines is 2. The van der Waals surface area contributed by atoms with Crippen LogP contribution < -0.4 is 21.7 Å². The average molecular weight is 494 g/mol. The quantitative estimate of drug-likeness (QED) is 0.311. The largest absolute Gasteiger partial charge is 0.493 e. The van der Waals surface area contributed by atoms with Crippen LogP contribution in [0.15, 0.2) is 34.2 Å². The summed E-state index contributed by atoms with van der Waals surface area (Å²) >= 11 is 1.36. The van der Waals surface area contributed by atoms with Gasteiger partial charge in [0.05, 0.1) is 33.8 Å². The van der Waals surface area contributed by atoms with E-state index in [1.807, 2.05) is 12.1 Å². The molecule has 0 radical (unpaired) electrons. The van der Waals surface area contributed by atoms with Crippen molar-refractivity contribution < 1.29 is 14.6 Å². The molecule has 4 aromatic rings. The number of nitrogens with zero attached hydrogens (tertiary/aromatic N) is 4. The minimum atomic E-state index is -0.507. The Morgan fingerprint density at radius 1 is 1.34 bits per heavy atom. The first-order valence-corrected chi connectivity index (χ1v) is 12.3. The van der Waals surface area contributed by atoms with Crippen LogP contribution in [0.4, 0.5) is 0 Å². The summed E-state index contributed by atoms with van der Waals surface area (Å²) in [6.07, 6.45) is 7.36. The number of ether oxygens (including phenoxy) is 1. The maximum atomic E-state index is 12.7. The summed E-state index contributed by atoms with van der Waals surface area (Å²) in [7, 11) is 0. The molecule has 0 bridgehead atoms. The van der Waals surface area contributed by atoms with Gasteiger partial charge >= 0.3 is 5.69 Å². The Morgan fingerprint density at radius 3 is 2.97 bits per heavy atom. The molecule has 11 nitrogen and oxygen atoms in total. The molecule has 1 saturated heterocycles. The number of carbonyl (C=O) groups excluding carboxylic acids is 1. The van der Waals surface area contributed by atoms with Gasteiger partial charge in [0.1, 0.15) is 5.69 Å². The molecule has 0 aromatic carbocycles. The monoisotopic (exact) mass is 493 g/mol. The van der Waals surface area contributed by atoms with E-state index >= 15 is 0 Å². The van der Waals surface area contributed by atoms with Gasteiger partial charge in [-0.05, 0) is 43.9 Å². The molecule has 35 heavy (non-hydrogen) atoms. The van der Waals surface area contributed by atoms with Gasteiger partial charge in [0.15, 0.2) is 11.1 Å². The zero-order valence-electron chi connectivity index (χ0n) is 18.7. The second-order valence-corrected chi connectivity index (χ2v) is 9.77. The average Bonchev–Trinajstić information content (AvgIpc) is 3.28. The van der Waals surface area contributed by atoms with Crippen LogP contribution in [-0.2, 0) is 4.74 Å². The van der Waals surface area contributed by atoms with Crippen molar-refractivity contribution >= 4 is 29.0 Å². The SMILES string of the molecule is O=C(NC[C@H]1CCCO1)c1ccc(-c2cc(=NC3CC3)n3ncc(=Cc4[nH]c(=O)[nH]c4O)c3n2)s1. The molecule has 0 spiro atoms. The molecule has 1 aliphatic heterocycles. The molecule has 0 unspecified atom stereocenters. The summed E-state index contributed by atoms with van der Waals surface area (Å²) in [5.74, 6) is -0.392. The predicted octanol–water partition coefficient (Wildman–Crippen LogP) is 0.699. The van der Waals surface area contributed by atoms with Gasteiger partial charge in [-0.3, -0.25) is 14.8 Å². The summed E-state index contributed by atoms with van der Waals surface area (Å²) in [4.78, 5) is 40.0. The van der Waals surface area contributed by atoms with Crippen LogP contribution in [0.2, 0.25) is 0 Å². The second-order valence-electron chi connectivity index (χ2n) is 8.69. The molecule has 1 aliphatic carbocycles. The van der Waals surface area contributed by atoms with Crippen LogP contribution in [0.1, 0.15) is 41.0 Å². The van der Waals surface area contributed by atoms with Crippen LogP contribution >= 0.6 is 11.3 Å². The van der Waals surface area contributed by atoms with E-state index in [4.69, 9.17) is 14.7 Å². The van der Waals surface area contributed by atoms with Crippen molar-refractivity contribution in [1.29, 1.82) is 0 Å². The third-order valence-electron chi connectivity index (χ3n) is 5.97. The Bertz CT molecular complexity index is 1590. The Balaban J connectivity index is 1.38. The normalized spacial score (nSPS) is 19.1. The van der Waals surface area contributed by atoms with Gasteiger partial charge in [0, 0.05) is 24.4 Å². The third-order valence-corrected chi connectivity index (χ3v) is 7.08. The fourth-order valence-corrected chi connectivity index (χ4v) is 4.90. The van der Waals surface area contributed by atoms with E-state index in [0.717, 1.165) is 37.2 Å². The summed E-state index contributed by atoms with van der Waals surface area (Å²) in [5.41, 5.74) is 1.59. The number of aromatic nitrogens is 5. The van der Waals surface area contributed by atoms with E-state index in [1.54, 1.807) is 22.9 Å². The van der Waals surface area contributed by atoms with Crippen molar-refractivity contribution in [3.63, 3.8) is 0 Å². The van der Waals surface area contributed by atoms with Gasteiger partial charge in [-0.25, -0.2) is 9.78 Å². The third kappa shape index (κ3) is 4.49. The molecule has 1 atom stereocenters. The van der Waals surface area contributed by atoms with Crippen LogP contribution in [0.3, 0.4) is 0 Å². The molecular weight excluding hydrogens is 470 g/mol. The van der Waals surface area contributed by atoms with E-state index in [-0.39, 0.29) is 29.6 Å². The molecular formula is C23H23N7O4S. The zero-order chi connectivity index (χ0) is 23.9. The molecule has 1 saturated carbocycles. The van der Waals surface area contributed by atoms with Gasteiger partial charge in [0.25, 0.3) is 5.91 Å². The van der Waals surface area contributed by atoms with Crippen molar-refractivity contribution in [2.45, 2.75) is 37.8 Å². The Hall–Kier alpha value is -3.77. The number of fused-ring (bicyclic) bond motifs is 1. The van der Waals surface area contributed by atoms with Gasteiger partial charge in [-0.15, -0.1) is 11.3 Å². The standard InChI is InChI=1S/C23H23N7O4S/c31-21-16(28-23(33)29-21)8-12-10-25-30-19(26-13-3-4-13)9-15(27-20(12)30)17-5-6-18(35-17)22(32)24-11-14-2-1-7-34-14/h5-6,8-10,13-14,31H,1-4,7,11H2,(H,24,32)(H2,28,29,33)/t14-/m1/s1. The van der Waals surface area contributed by atoms with Crippen molar-refractivity contribution in [2.75, 3.05) is 13.2 Å². The minimum absolute atomic E-state index is 0.0833. The van der Waals surface area contributed by atoms with E-state index in [0.29, 0.717) is 33.5 Å². The first kappa shape index (κ1) is 21.7. The first-order chi connectivity index (χ1) is 17.0. The molecule has 6 rings (SSSR count).